The molecule has 2 amide bonds. The van der Waals surface area contributed by atoms with Gasteiger partial charge in [-0.15, -0.1) is 11.3 Å². The van der Waals surface area contributed by atoms with Crippen LogP contribution in [0, 0.1) is 0 Å². The fourth-order valence-corrected chi connectivity index (χ4v) is 3.40. The van der Waals surface area contributed by atoms with E-state index in [1.54, 1.807) is 5.38 Å². The van der Waals surface area contributed by atoms with Crippen molar-refractivity contribution in [3.63, 3.8) is 0 Å². The average Bonchev–Trinajstić information content (AvgIpc) is 2.90. The van der Waals surface area contributed by atoms with Crippen molar-refractivity contribution < 1.29 is 14.3 Å². The van der Waals surface area contributed by atoms with E-state index in [2.05, 4.69) is 10.2 Å². The first kappa shape index (κ1) is 16.9. The Morgan fingerprint density at radius 2 is 2.14 bits per heavy atom. The maximum Gasteiger partial charge on any atom is 0.259 e. The van der Waals surface area contributed by atoms with Crippen molar-refractivity contribution in [2.45, 2.75) is 26.2 Å². The van der Waals surface area contributed by atoms with Gasteiger partial charge in [0.05, 0.1) is 23.8 Å². The van der Waals surface area contributed by atoms with Gasteiger partial charge in [0.15, 0.2) is 0 Å². The predicted molar refractivity (Wildman–Crippen MR) is 87.3 cm³/mol. The van der Waals surface area contributed by atoms with Crippen molar-refractivity contribution in [3.8, 4) is 0 Å². The lowest BCUT2D eigenvalue weighted by molar-refractivity contribution is -0.116. The van der Waals surface area contributed by atoms with Crippen molar-refractivity contribution in [2.75, 3.05) is 38.2 Å². The Balaban J connectivity index is 1.91. The molecule has 1 aliphatic heterocycles. The van der Waals surface area contributed by atoms with Gasteiger partial charge in [-0.25, -0.2) is 0 Å². The standard InChI is InChI=1S/C15H23N3O3S/c1-2-3-11-12(10-22-14(11)15(16)20)17-13(19)4-5-18-6-8-21-9-7-18/h10H,2-9H2,1H3,(H2,16,20)(H,17,19). The maximum atomic E-state index is 12.1. The summed E-state index contributed by atoms with van der Waals surface area (Å²) < 4.78 is 5.29. The molecule has 0 bridgehead atoms. The molecule has 2 heterocycles. The molecule has 0 atom stereocenters. The minimum absolute atomic E-state index is 0.0299. The molecule has 3 N–H and O–H groups in total. The average molecular weight is 325 g/mol. The molecule has 7 heteroatoms. The van der Waals surface area contributed by atoms with E-state index in [0.29, 0.717) is 11.3 Å². The van der Waals surface area contributed by atoms with Crippen LogP contribution in [0.1, 0.15) is 35.0 Å². The van der Waals surface area contributed by atoms with Gasteiger partial charge in [0.1, 0.15) is 0 Å². The van der Waals surface area contributed by atoms with Gasteiger partial charge in [-0.05, 0) is 12.0 Å². The monoisotopic (exact) mass is 325 g/mol. The molecule has 0 unspecified atom stereocenters. The first-order valence-electron chi connectivity index (χ1n) is 7.62. The summed E-state index contributed by atoms with van der Waals surface area (Å²) in [6.45, 7) is 5.97. The third-order valence-electron chi connectivity index (χ3n) is 3.65. The lowest BCUT2D eigenvalue weighted by atomic mass is 10.1. The molecule has 1 aromatic rings. The van der Waals surface area contributed by atoms with Gasteiger partial charge in [-0.2, -0.15) is 0 Å². The molecular formula is C15H23N3O3S. The van der Waals surface area contributed by atoms with Gasteiger partial charge in [0, 0.05) is 31.4 Å². The number of primary amides is 1. The number of amides is 2. The number of anilines is 1. The predicted octanol–water partition coefficient (Wildman–Crippen LogP) is 1.46. The highest BCUT2D eigenvalue weighted by Gasteiger charge is 2.17. The summed E-state index contributed by atoms with van der Waals surface area (Å²) in [6, 6.07) is 0. The number of thiophene rings is 1. The fourth-order valence-electron chi connectivity index (χ4n) is 2.49. The zero-order valence-corrected chi connectivity index (χ0v) is 13.7. The molecule has 0 aromatic carbocycles. The Morgan fingerprint density at radius 1 is 1.41 bits per heavy atom. The summed E-state index contributed by atoms with van der Waals surface area (Å²) in [5.74, 6) is -0.458. The largest absolute Gasteiger partial charge is 0.379 e. The van der Waals surface area contributed by atoms with Gasteiger partial charge >= 0.3 is 0 Å². The minimum atomic E-state index is -0.428. The highest BCUT2D eigenvalue weighted by molar-refractivity contribution is 7.12. The first-order valence-corrected chi connectivity index (χ1v) is 8.50. The van der Waals surface area contributed by atoms with Gasteiger partial charge in [-0.1, -0.05) is 13.3 Å². The number of nitrogens with two attached hydrogens (primary N) is 1. The Morgan fingerprint density at radius 3 is 2.77 bits per heavy atom. The third kappa shape index (κ3) is 4.53. The molecule has 6 nitrogen and oxygen atoms in total. The fraction of sp³-hybridized carbons (Fsp3) is 0.600. The number of nitrogens with one attached hydrogen (secondary N) is 1. The number of morpholine rings is 1. The summed E-state index contributed by atoms with van der Waals surface area (Å²) in [7, 11) is 0. The lowest BCUT2D eigenvalue weighted by Crippen LogP contribution is -2.38. The zero-order chi connectivity index (χ0) is 15.9. The molecule has 2 rings (SSSR count). The highest BCUT2D eigenvalue weighted by atomic mass is 32.1. The quantitative estimate of drug-likeness (QED) is 0.795. The molecule has 0 radical (unpaired) electrons. The van der Waals surface area contributed by atoms with Crippen molar-refractivity contribution >= 4 is 28.8 Å². The number of hydrogen-bond donors (Lipinski definition) is 2. The van der Waals surface area contributed by atoms with Crippen LogP contribution in [-0.2, 0) is 16.0 Å². The Labute approximate surface area is 134 Å². The van der Waals surface area contributed by atoms with Crippen molar-refractivity contribution in [3.05, 3.63) is 15.8 Å². The minimum Gasteiger partial charge on any atom is -0.379 e. The molecule has 22 heavy (non-hydrogen) atoms. The maximum absolute atomic E-state index is 12.1. The normalized spacial score (nSPS) is 15.7. The van der Waals surface area contributed by atoms with Crippen LogP contribution in [0.3, 0.4) is 0 Å². The number of rotatable bonds is 7. The molecule has 0 spiro atoms. The van der Waals surface area contributed by atoms with Crippen LogP contribution in [0.2, 0.25) is 0 Å². The number of nitrogens with zero attached hydrogens (tertiary/aromatic N) is 1. The summed E-state index contributed by atoms with van der Waals surface area (Å²) in [4.78, 5) is 26.3. The second-order valence-electron chi connectivity index (χ2n) is 5.32. The van der Waals surface area contributed by atoms with Crippen molar-refractivity contribution in [1.82, 2.24) is 4.90 Å². The van der Waals surface area contributed by atoms with E-state index in [1.165, 1.54) is 11.3 Å². The molecule has 122 valence electrons. The van der Waals surface area contributed by atoms with Crippen molar-refractivity contribution in [2.24, 2.45) is 5.73 Å². The molecular weight excluding hydrogens is 302 g/mol. The molecule has 1 fully saturated rings. The second-order valence-corrected chi connectivity index (χ2v) is 6.20. The number of hydrogen-bond acceptors (Lipinski definition) is 5. The first-order chi connectivity index (χ1) is 10.6. The van der Waals surface area contributed by atoms with E-state index >= 15 is 0 Å². The van der Waals surface area contributed by atoms with E-state index in [9.17, 15) is 9.59 Å². The van der Waals surface area contributed by atoms with E-state index in [4.69, 9.17) is 10.5 Å². The molecule has 1 saturated heterocycles. The second kappa shape index (κ2) is 8.26. The Hall–Kier alpha value is -1.44. The van der Waals surface area contributed by atoms with E-state index in [1.807, 2.05) is 6.92 Å². The van der Waals surface area contributed by atoms with Gasteiger partial charge in [0.2, 0.25) is 5.91 Å². The number of ether oxygens (including phenoxy) is 1. The van der Waals surface area contributed by atoms with E-state index in [0.717, 1.165) is 56.9 Å². The van der Waals surface area contributed by atoms with Crippen molar-refractivity contribution in [1.29, 1.82) is 0 Å². The van der Waals surface area contributed by atoms with E-state index in [-0.39, 0.29) is 5.91 Å². The zero-order valence-electron chi connectivity index (χ0n) is 12.9. The van der Waals surface area contributed by atoms with Gasteiger partial charge < -0.3 is 15.8 Å². The van der Waals surface area contributed by atoms with Crippen LogP contribution in [0.15, 0.2) is 5.38 Å². The summed E-state index contributed by atoms with van der Waals surface area (Å²) in [5.41, 5.74) is 6.98. The van der Waals surface area contributed by atoms with E-state index < -0.39 is 5.91 Å². The third-order valence-corrected chi connectivity index (χ3v) is 4.69. The van der Waals surface area contributed by atoms with Crippen LogP contribution < -0.4 is 11.1 Å². The Bertz CT molecular complexity index is 524. The molecule has 0 saturated carbocycles. The van der Waals surface area contributed by atoms with Crippen LogP contribution in [-0.4, -0.2) is 49.6 Å². The SMILES string of the molecule is CCCc1c(NC(=O)CCN2CCOCC2)csc1C(N)=O. The smallest absolute Gasteiger partial charge is 0.259 e. The lowest BCUT2D eigenvalue weighted by Gasteiger charge is -2.26. The molecule has 1 aromatic heterocycles. The van der Waals surface area contributed by atoms with Crippen LogP contribution in [0.5, 0.6) is 0 Å². The Kier molecular flexibility index (Phi) is 6.35. The number of carbonyl (C=O) groups is 2. The summed E-state index contributed by atoms with van der Waals surface area (Å²) in [6.07, 6.45) is 2.07. The van der Waals surface area contributed by atoms with Crippen LogP contribution >= 0.6 is 11.3 Å². The van der Waals surface area contributed by atoms with Gasteiger partial charge in [-0.3, -0.25) is 14.5 Å². The highest BCUT2D eigenvalue weighted by Crippen LogP contribution is 2.28. The molecule has 1 aliphatic rings. The topological polar surface area (TPSA) is 84.7 Å². The number of carbonyl (C=O) groups excluding carboxylic acids is 2. The molecule has 0 aliphatic carbocycles. The summed E-state index contributed by atoms with van der Waals surface area (Å²) >= 11 is 1.30. The summed E-state index contributed by atoms with van der Waals surface area (Å²) in [5, 5.41) is 4.72. The van der Waals surface area contributed by atoms with Gasteiger partial charge in [0.25, 0.3) is 5.91 Å². The van der Waals surface area contributed by atoms with Crippen LogP contribution in [0.25, 0.3) is 0 Å². The van der Waals surface area contributed by atoms with Crippen LogP contribution in [0.4, 0.5) is 5.69 Å².